The van der Waals surface area contributed by atoms with Crippen LogP contribution in [-0.2, 0) is 6.42 Å². The summed E-state index contributed by atoms with van der Waals surface area (Å²) in [6, 6.07) is 12.5. The van der Waals surface area contributed by atoms with Crippen molar-refractivity contribution in [1.82, 2.24) is 25.3 Å². The van der Waals surface area contributed by atoms with Crippen molar-refractivity contribution in [2.24, 2.45) is 10.9 Å². The molecule has 1 fully saturated rings. The van der Waals surface area contributed by atoms with Gasteiger partial charge < -0.3 is 15.6 Å². The van der Waals surface area contributed by atoms with Crippen molar-refractivity contribution >= 4 is 28.6 Å². The number of aromatic amines is 1. The van der Waals surface area contributed by atoms with Crippen LogP contribution in [0.5, 0.6) is 0 Å². The summed E-state index contributed by atoms with van der Waals surface area (Å²) in [6.07, 6.45) is 22.7. The highest BCUT2D eigenvalue weighted by molar-refractivity contribution is 5.90. The van der Waals surface area contributed by atoms with Crippen molar-refractivity contribution in [3.05, 3.63) is 102 Å². The first-order valence-electron chi connectivity index (χ1n) is 12.9. The van der Waals surface area contributed by atoms with E-state index in [0.29, 0.717) is 24.5 Å². The van der Waals surface area contributed by atoms with E-state index >= 15 is 0 Å². The Labute approximate surface area is 228 Å². The Morgan fingerprint density at radius 3 is 2.67 bits per heavy atom. The summed E-state index contributed by atoms with van der Waals surface area (Å²) < 4.78 is 0. The summed E-state index contributed by atoms with van der Waals surface area (Å²) in [5, 5.41) is 6.81. The highest BCUT2D eigenvalue weighted by Gasteiger charge is 2.25. The minimum Gasteiger partial charge on any atom is -0.388 e. The van der Waals surface area contributed by atoms with Crippen LogP contribution in [0.4, 0.5) is 5.69 Å². The van der Waals surface area contributed by atoms with E-state index < -0.39 is 0 Å². The van der Waals surface area contributed by atoms with E-state index in [4.69, 9.17) is 4.98 Å². The number of hydrogen-bond donors (Lipinski definition) is 3. The van der Waals surface area contributed by atoms with Gasteiger partial charge in [0, 0.05) is 55.2 Å². The predicted molar refractivity (Wildman–Crippen MR) is 160 cm³/mol. The molecular weight excluding hydrogens is 482 g/mol. The molecule has 194 valence electrons. The van der Waals surface area contributed by atoms with Gasteiger partial charge in [0.2, 0.25) is 0 Å². The molecule has 1 aliphatic carbocycles. The summed E-state index contributed by atoms with van der Waals surface area (Å²) in [4.78, 5) is 21.5. The molecule has 7 heteroatoms. The Hall–Kier alpha value is -4.96. The SMILES string of the molecule is C#C.C=C(NC1=CC(c2ccc(NC)c(Cc3nc4nccc(-c5ccncc5)c4[nH]3)c2)=CCN=C1)C1CC1. The number of benzene rings is 1. The molecular formula is C32H31N7. The third kappa shape index (κ3) is 5.81. The quantitative estimate of drug-likeness (QED) is 0.260. The molecule has 0 saturated heterocycles. The molecule has 0 amide bonds. The third-order valence-corrected chi connectivity index (χ3v) is 6.83. The Balaban J connectivity index is 0.00000151. The predicted octanol–water partition coefficient (Wildman–Crippen LogP) is 5.77. The first kappa shape index (κ1) is 25.7. The van der Waals surface area contributed by atoms with E-state index in [1.54, 1.807) is 18.6 Å². The molecule has 4 aromatic rings. The van der Waals surface area contributed by atoms with Crippen molar-refractivity contribution in [1.29, 1.82) is 0 Å². The number of aliphatic imine (C=N–C) groups is 1. The lowest BCUT2D eigenvalue weighted by Crippen LogP contribution is -2.14. The summed E-state index contributed by atoms with van der Waals surface area (Å²) in [7, 11) is 1.95. The Morgan fingerprint density at radius 2 is 1.90 bits per heavy atom. The number of aromatic nitrogens is 4. The zero-order chi connectivity index (χ0) is 27.2. The molecule has 3 aromatic heterocycles. The van der Waals surface area contributed by atoms with Crippen LogP contribution < -0.4 is 10.6 Å². The maximum atomic E-state index is 4.82. The lowest BCUT2D eigenvalue weighted by molar-refractivity contribution is 0.874. The molecule has 6 rings (SSSR count). The fourth-order valence-corrected chi connectivity index (χ4v) is 4.71. The Bertz CT molecular complexity index is 1600. The fourth-order valence-electron chi connectivity index (χ4n) is 4.71. The number of nitrogens with zero attached hydrogens (tertiary/aromatic N) is 4. The standard InChI is InChI=1S/C30H29N7.C2H2/c1-19(20-3-4-20)35-25-16-23(9-13-33-18-25)22-5-6-27(31-2)24(15-22)17-28-36-29-26(10-14-34-30(29)37-28)21-7-11-32-12-8-21;1-2/h5-12,14-16,18,20,31,35H,1,3-4,13,17H2,2H3,(H,34,36,37);1-2H. The highest BCUT2D eigenvalue weighted by atomic mass is 15.0. The van der Waals surface area contributed by atoms with Gasteiger partial charge in [-0.1, -0.05) is 18.7 Å². The molecule has 0 unspecified atom stereocenters. The van der Waals surface area contributed by atoms with Crippen molar-refractivity contribution in [3.63, 3.8) is 0 Å². The molecule has 4 heterocycles. The van der Waals surface area contributed by atoms with Gasteiger partial charge in [0.05, 0.1) is 17.8 Å². The molecule has 39 heavy (non-hydrogen) atoms. The molecule has 2 aliphatic rings. The van der Waals surface area contributed by atoms with Gasteiger partial charge in [-0.2, -0.15) is 0 Å². The van der Waals surface area contributed by atoms with Gasteiger partial charge in [-0.3, -0.25) is 9.98 Å². The molecule has 0 atom stereocenters. The van der Waals surface area contributed by atoms with Crippen LogP contribution in [0.3, 0.4) is 0 Å². The molecule has 1 aromatic carbocycles. The van der Waals surface area contributed by atoms with Crippen molar-refractivity contribution in [2.45, 2.75) is 19.3 Å². The number of rotatable bonds is 8. The zero-order valence-corrected chi connectivity index (χ0v) is 22.0. The van der Waals surface area contributed by atoms with Crippen LogP contribution in [0.2, 0.25) is 0 Å². The van der Waals surface area contributed by atoms with Gasteiger partial charge in [-0.05, 0) is 77.4 Å². The van der Waals surface area contributed by atoms with Gasteiger partial charge in [-0.15, -0.1) is 12.8 Å². The zero-order valence-electron chi connectivity index (χ0n) is 22.0. The van der Waals surface area contributed by atoms with Crippen LogP contribution in [0.15, 0.2) is 90.1 Å². The number of pyridine rings is 2. The first-order chi connectivity index (χ1) is 19.2. The van der Waals surface area contributed by atoms with E-state index in [1.807, 2.05) is 31.5 Å². The maximum Gasteiger partial charge on any atom is 0.178 e. The third-order valence-electron chi connectivity index (χ3n) is 6.83. The lowest BCUT2D eigenvalue weighted by Gasteiger charge is -2.13. The smallest absolute Gasteiger partial charge is 0.178 e. The van der Waals surface area contributed by atoms with Crippen LogP contribution in [0.1, 0.15) is 29.8 Å². The second kappa shape index (κ2) is 11.6. The van der Waals surface area contributed by atoms with Crippen LogP contribution >= 0.6 is 0 Å². The van der Waals surface area contributed by atoms with E-state index in [-0.39, 0.29) is 0 Å². The number of terminal acetylenes is 1. The average Bonchev–Trinajstić information content (AvgIpc) is 3.78. The summed E-state index contributed by atoms with van der Waals surface area (Å²) in [6.45, 7) is 4.85. The number of hydrogen-bond acceptors (Lipinski definition) is 6. The Kier molecular flexibility index (Phi) is 7.65. The molecule has 1 saturated carbocycles. The van der Waals surface area contributed by atoms with Gasteiger partial charge in [-0.25, -0.2) is 9.97 Å². The minimum absolute atomic E-state index is 0.587. The van der Waals surface area contributed by atoms with Gasteiger partial charge >= 0.3 is 0 Å². The average molecular weight is 514 g/mol. The maximum absolute atomic E-state index is 4.82. The summed E-state index contributed by atoms with van der Waals surface area (Å²) in [5.74, 6) is 1.46. The van der Waals surface area contributed by atoms with Crippen LogP contribution in [-0.4, -0.2) is 39.7 Å². The Morgan fingerprint density at radius 1 is 1.08 bits per heavy atom. The van der Waals surface area contributed by atoms with Crippen molar-refractivity contribution < 1.29 is 0 Å². The largest absolute Gasteiger partial charge is 0.388 e. The van der Waals surface area contributed by atoms with Gasteiger partial charge in [0.15, 0.2) is 5.65 Å². The van der Waals surface area contributed by atoms with E-state index in [9.17, 15) is 0 Å². The molecule has 7 nitrogen and oxygen atoms in total. The van der Waals surface area contributed by atoms with Crippen molar-refractivity contribution in [2.75, 3.05) is 18.9 Å². The van der Waals surface area contributed by atoms with Crippen molar-refractivity contribution in [3.8, 4) is 24.0 Å². The molecule has 1 aliphatic heterocycles. The fraction of sp³-hybridized carbons (Fsp3) is 0.188. The van der Waals surface area contributed by atoms with Gasteiger partial charge in [0.25, 0.3) is 0 Å². The number of nitrogens with one attached hydrogen (secondary N) is 3. The second-order valence-corrected chi connectivity index (χ2v) is 9.45. The monoisotopic (exact) mass is 513 g/mol. The number of imidazole rings is 1. The van der Waals surface area contributed by atoms with Crippen LogP contribution in [0.25, 0.3) is 27.9 Å². The van der Waals surface area contributed by atoms with E-state index in [2.05, 4.69) is 80.4 Å². The number of anilines is 1. The van der Waals surface area contributed by atoms with Crippen LogP contribution in [0, 0.1) is 18.8 Å². The number of H-pyrrole nitrogens is 1. The number of fused-ring (bicyclic) bond motifs is 1. The second-order valence-electron chi connectivity index (χ2n) is 9.45. The summed E-state index contributed by atoms with van der Waals surface area (Å²) in [5.41, 5.74) is 10.4. The molecule has 0 radical (unpaired) electrons. The lowest BCUT2D eigenvalue weighted by atomic mass is 9.99. The number of allylic oxidation sites excluding steroid dienone is 4. The molecule has 0 bridgehead atoms. The topological polar surface area (TPSA) is 90.9 Å². The van der Waals surface area contributed by atoms with E-state index in [1.165, 1.54) is 12.8 Å². The minimum atomic E-state index is 0.587. The van der Waals surface area contributed by atoms with Gasteiger partial charge in [0.1, 0.15) is 5.82 Å². The summed E-state index contributed by atoms with van der Waals surface area (Å²) >= 11 is 0. The molecule has 3 N–H and O–H groups in total. The van der Waals surface area contributed by atoms with E-state index in [0.717, 1.165) is 56.2 Å². The highest BCUT2D eigenvalue weighted by Crippen LogP contribution is 2.35. The molecule has 0 spiro atoms. The first-order valence-corrected chi connectivity index (χ1v) is 12.9. The normalized spacial score (nSPS) is 14.4.